The molecule has 128 valence electrons. The Labute approximate surface area is 143 Å². The van der Waals surface area contributed by atoms with Crippen molar-refractivity contribution in [1.82, 2.24) is 19.6 Å². The van der Waals surface area contributed by atoms with Crippen molar-refractivity contribution in [3.8, 4) is 0 Å². The average molecular weight is 326 g/mol. The molecule has 1 saturated heterocycles. The number of nitrogens with zero attached hydrogens (tertiary/aromatic N) is 4. The molecule has 0 unspecified atom stereocenters. The number of aromatic nitrogens is 2. The lowest BCUT2D eigenvalue weighted by Crippen LogP contribution is -2.49. The molecule has 1 aliphatic rings. The van der Waals surface area contributed by atoms with Crippen LogP contribution in [0, 0.1) is 6.92 Å². The Morgan fingerprint density at radius 2 is 1.83 bits per heavy atom. The third kappa shape index (κ3) is 4.03. The van der Waals surface area contributed by atoms with Gasteiger partial charge in [-0.05, 0) is 37.9 Å². The summed E-state index contributed by atoms with van der Waals surface area (Å²) in [6.07, 6.45) is 2.28. The minimum atomic E-state index is 0.0991. The first-order valence-electron chi connectivity index (χ1n) is 8.69. The van der Waals surface area contributed by atoms with Gasteiger partial charge in [-0.3, -0.25) is 14.4 Å². The van der Waals surface area contributed by atoms with E-state index in [2.05, 4.69) is 40.3 Å². The third-order valence-electron chi connectivity index (χ3n) is 4.66. The lowest BCUT2D eigenvalue weighted by molar-refractivity contribution is 0.0625. The maximum absolute atomic E-state index is 12.6. The summed E-state index contributed by atoms with van der Waals surface area (Å²) in [6.45, 7) is 6.53. The molecule has 0 bridgehead atoms. The van der Waals surface area contributed by atoms with Crippen molar-refractivity contribution in [3.05, 3.63) is 53.3 Å². The summed E-state index contributed by atoms with van der Waals surface area (Å²) in [6, 6.07) is 12.5. The molecule has 0 aliphatic carbocycles. The highest BCUT2D eigenvalue weighted by Gasteiger charge is 2.24. The van der Waals surface area contributed by atoms with Crippen LogP contribution in [0.2, 0.25) is 0 Å². The van der Waals surface area contributed by atoms with Crippen molar-refractivity contribution < 1.29 is 4.79 Å². The van der Waals surface area contributed by atoms with E-state index in [1.807, 2.05) is 24.9 Å². The summed E-state index contributed by atoms with van der Waals surface area (Å²) < 4.78 is 1.68. The van der Waals surface area contributed by atoms with Gasteiger partial charge in [-0.1, -0.05) is 30.3 Å². The van der Waals surface area contributed by atoms with Crippen LogP contribution in [0.15, 0.2) is 36.4 Å². The van der Waals surface area contributed by atoms with Crippen LogP contribution < -0.4 is 0 Å². The zero-order chi connectivity index (χ0) is 16.9. The van der Waals surface area contributed by atoms with Crippen molar-refractivity contribution >= 4 is 5.91 Å². The normalized spacial score (nSPS) is 15.7. The van der Waals surface area contributed by atoms with Crippen LogP contribution in [0.25, 0.3) is 0 Å². The number of amides is 1. The van der Waals surface area contributed by atoms with Crippen LogP contribution in [-0.4, -0.2) is 58.2 Å². The maximum atomic E-state index is 12.6. The van der Waals surface area contributed by atoms with E-state index in [9.17, 15) is 4.79 Å². The molecule has 1 fully saturated rings. The predicted molar refractivity (Wildman–Crippen MR) is 95.1 cm³/mol. The number of hydrogen-bond acceptors (Lipinski definition) is 3. The zero-order valence-electron chi connectivity index (χ0n) is 14.6. The van der Waals surface area contributed by atoms with Gasteiger partial charge in [0.05, 0.1) is 5.69 Å². The summed E-state index contributed by atoms with van der Waals surface area (Å²) in [5.41, 5.74) is 2.98. The fraction of sp³-hybridized carbons (Fsp3) is 0.474. The van der Waals surface area contributed by atoms with Crippen molar-refractivity contribution in [2.75, 3.05) is 32.7 Å². The quantitative estimate of drug-likeness (QED) is 0.845. The Bertz CT molecular complexity index is 672. The van der Waals surface area contributed by atoms with Crippen LogP contribution in [0.3, 0.4) is 0 Å². The number of carbonyl (C=O) groups excluding carboxylic acids is 1. The first-order valence-corrected chi connectivity index (χ1v) is 8.69. The van der Waals surface area contributed by atoms with Gasteiger partial charge in [-0.25, -0.2) is 0 Å². The summed E-state index contributed by atoms with van der Waals surface area (Å²) in [5.74, 6) is 0.0991. The molecule has 2 heterocycles. The molecular weight excluding hydrogens is 300 g/mol. The number of rotatable bonds is 5. The van der Waals surface area contributed by atoms with Crippen molar-refractivity contribution in [2.24, 2.45) is 7.05 Å². The van der Waals surface area contributed by atoms with Gasteiger partial charge >= 0.3 is 0 Å². The highest BCUT2D eigenvalue weighted by molar-refractivity contribution is 5.92. The zero-order valence-corrected chi connectivity index (χ0v) is 14.6. The van der Waals surface area contributed by atoms with E-state index in [0.29, 0.717) is 5.69 Å². The summed E-state index contributed by atoms with van der Waals surface area (Å²) in [7, 11) is 1.83. The Morgan fingerprint density at radius 1 is 1.12 bits per heavy atom. The van der Waals surface area contributed by atoms with Gasteiger partial charge < -0.3 is 4.90 Å². The second kappa shape index (κ2) is 7.62. The number of carbonyl (C=O) groups is 1. The Morgan fingerprint density at radius 3 is 2.46 bits per heavy atom. The Hall–Kier alpha value is -2.14. The predicted octanol–water partition coefficient (Wildman–Crippen LogP) is 2.12. The molecule has 3 rings (SSSR count). The van der Waals surface area contributed by atoms with E-state index >= 15 is 0 Å². The molecule has 5 heteroatoms. The summed E-state index contributed by atoms with van der Waals surface area (Å²) in [4.78, 5) is 17.0. The van der Waals surface area contributed by atoms with Gasteiger partial charge in [-0.2, -0.15) is 5.10 Å². The van der Waals surface area contributed by atoms with E-state index in [1.165, 1.54) is 12.0 Å². The lowest BCUT2D eigenvalue weighted by Gasteiger charge is -2.34. The van der Waals surface area contributed by atoms with E-state index in [4.69, 9.17) is 0 Å². The van der Waals surface area contributed by atoms with Crippen molar-refractivity contribution in [3.63, 3.8) is 0 Å². The minimum absolute atomic E-state index is 0.0991. The first-order chi connectivity index (χ1) is 11.6. The summed E-state index contributed by atoms with van der Waals surface area (Å²) >= 11 is 0. The largest absolute Gasteiger partial charge is 0.335 e. The number of hydrogen-bond donors (Lipinski definition) is 0. The molecule has 2 aromatic rings. The average Bonchev–Trinajstić information content (AvgIpc) is 2.94. The molecule has 24 heavy (non-hydrogen) atoms. The molecule has 1 aromatic heterocycles. The van der Waals surface area contributed by atoms with Crippen LogP contribution in [0.1, 0.15) is 28.2 Å². The Balaban J connectivity index is 1.44. The molecule has 1 aliphatic heterocycles. The van der Waals surface area contributed by atoms with Crippen LogP contribution in [-0.2, 0) is 13.5 Å². The van der Waals surface area contributed by atoms with Crippen LogP contribution >= 0.6 is 0 Å². The van der Waals surface area contributed by atoms with E-state index in [1.54, 1.807) is 4.68 Å². The molecule has 0 saturated carbocycles. The third-order valence-corrected chi connectivity index (χ3v) is 4.66. The van der Waals surface area contributed by atoms with Crippen LogP contribution in [0.4, 0.5) is 0 Å². The van der Waals surface area contributed by atoms with Crippen molar-refractivity contribution in [2.45, 2.75) is 19.8 Å². The SMILES string of the molecule is Cc1cc(C(=O)N2CCN(CCCc3ccccc3)CC2)n(C)n1. The smallest absolute Gasteiger partial charge is 0.272 e. The highest BCUT2D eigenvalue weighted by Crippen LogP contribution is 2.11. The van der Waals surface area contributed by atoms with Gasteiger partial charge in [0.1, 0.15) is 5.69 Å². The Kier molecular flexibility index (Phi) is 5.30. The van der Waals surface area contributed by atoms with Crippen molar-refractivity contribution in [1.29, 1.82) is 0 Å². The number of benzene rings is 1. The van der Waals surface area contributed by atoms with Gasteiger partial charge in [0, 0.05) is 33.2 Å². The molecule has 5 nitrogen and oxygen atoms in total. The lowest BCUT2D eigenvalue weighted by atomic mass is 10.1. The molecule has 0 radical (unpaired) electrons. The molecule has 0 spiro atoms. The second-order valence-electron chi connectivity index (χ2n) is 6.52. The minimum Gasteiger partial charge on any atom is -0.335 e. The molecule has 1 aromatic carbocycles. The molecule has 0 N–H and O–H groups in total. The monoisotopic (exact) mass is 326 g/mol. The number of piperazine rings is 1. The standard InChI is InChI=1S/C19H26N4O/c1-16-15-18(21(2)20-16)19(24)23-13-11-22(12-14-23)10-6-9-17-7-4-3-5-8-17/h3-5,7-8,15H,6,9-14H2,1-2H3. The topological polar surface area (TPSA) is 41.4 Å². The van der Waals surface area contributed by atoms with Crippen LogP contribution in [0.5, 0.6) is 0 Å². The highest BCUT2D eigenvalue weighted by atomic mass is 16.2. The van der Waals surface area contributed by atoms with Gasteiger partial charge in [0.25, 0.3) is 5.91 Å². The van der Waals surface area contributed by atoms with Gasteiger partial charge in [-0.15, -0.1) is 0 Å². The maximum Gasteiger partial charge on any atom is 0.272 e. The van der Waals surface area contributed by atoms with Gasteiger partial charge in [0.15, 0.2) is 0 Å². The van der Waals surface area contributed by atoms with E-state index < -0.39 is 0 Å². The molecular formula is C19H26N4O. The molecule has 1 amide bonds. The number of aryl methyl sites for hydroxylation is 3. The van der Waals surface area contributed by atoms with E-state index in [0.717, 1.165) is 44.8 Å². The second-order valence-corrected chi connectivity index (χ2v) is 6.52. The van der Waals surface area contributed by atoms with E-state index in [-0.39, 0.29) is 5.91 Å². The van der Waals surface area contributed by atoms with Gasteiger partial charge in [0.2, 0.25) is 0 Å². The first kappa shape index (κ1) is 16.7. The fourth-order valence-corrected chi connectivity index (χ4v) is 3.30. The fourth-order valence-electron chi connectivity index (χ4n) is 3.30. The molecule has 0 atom stereocenters. The summed E-state index contributed by atoms with van der Waals surface area (Å²) in [5, 5.41) is 4.27.